The van der Waals surface area contributed by atoms with Crippen LogP contribution >= 0.6 is 11.3 Å². The number of hydrogen-bond donors (Lipinski definition) is 1. The first kappa shape index (κ1) is 23.6. The quantitative estimate of drug-likeness (QED) is 0.573. The number of carbonyl (C=O) groups excluding carboxylic acids is 2. The number of aromatic nitrogens is 3. The number of ketones is 1. The second-order valence-corrected chi connectivity index (χ2v) is 10.2. The minimum Gasteiger partial charge on any atom is -0.496 e. The summed E-state index contributed by atoms with van der Waals surface area (Å²) in [5.74, 6) is -1.72. The lowest BCUT2D eigenvalue weighted by Crippen LogP contribution is -2.56. The minimum absolute atomic E-state index is 0.175. The van der Waals surface area contributed by atoms with Gasteiger partial charge in [0.25, 0.3) is 5.91 Å². The molecule has 0 aliphatic carbocycles. The zero-order chi connectivity index (χ0) is 24.7. The van der Waals surface area contributed by atoms with Crippen molar-refractivity contribution in [3.8, 4) is 5.75 Å². The average molecular weight is 483 g/mol. The SMILES string of the molecule is COc1cc(C(=O)N2C(c3nccs3)C(=O)CC2(Cn2cccn2)C(=O)O)ccc1C(C)(C)C. The molecule has 0 radical (unpaired) electrons. The van der Waals surface area contributed by atoms with Crippen molar-refractivity contribution in [2.75, 3.05) is 7.11 Å². The molecule has 9 nitrogen and oxygen atoms in total. The number of ether oxygens (including phenoxy) is 1. The number of thiazole rings is 1. The van der Waals surface area contributed by atoms with Crippen molar-refractivity contribution in [2.24, 2.45) is 0 Å². The molecule has 1 amide bonds. The Kier molecular flexibility index (Phi) is 6.03. The number of rotatable bonds is 6. The van der Waals surface area contributed by atoms with E-state index in [0.29, 0.717) is 10.8 Å². The van der Waals surface area contributed by atoms with Crippen LogP contribution in [0.3, 0.4) is 0 Å². The summed E-state index contributed by atoms with van der Waals surface area (Å²) in [6.45, 7) is 5.92. The van der Waals surface area contributed by atoms with Crippen LogP contribution in [0.25, 0.3) is 0 Å². The Balaban J connectivity index is 1.86. The van der Waals surface area contributed by atoms with Crippen LogP contribution in [0.2, 0.25) is 0 Å². The van der Waals surface area contributed by atoms with Crippen LogP contribution in [0.5, 0.6) is 5.75 Å². The molecule has 3 heterocycles. The van der Waals surface area contributed by atoms with Crippen LogP contribution in [0.15, 0.2) is 48.2 Å². The maximum atomic E-state index is 14.0. The summed E-state index contributed by atoms with van der Waals surface area (Å²) in [4.78, 5) is 45.4. The van der Waals surface area contributed by atoms with Gasteiger partial charge in [0.2, 0.25) is 0 Å². The number of carboxylic acids is 1. The van der Waals surface area contributed by atoms with Gasteiger partial charge in [0.05, 0.1) is 13.7 Å². The van der Waals surface area contributed by atoms with Gasteiger partial charge in [0.15, 0.2) is 11.3 Å². The van der Waals surface area contributed by atoms with Crippen molar-refractivity contribution >= 4 is 29.0 Å². The first-order chi connectivity index (χ1) is 16.1. The smallest absolute Gasteiger partial charge is 0.332 e. The van der Waals surface area contributed by atoms with Gasteiger partial charge >= 0.3 is 5.97 Å². The molecule has 3 aromatic rings. The van der Waals surface area contributed by atoms with Crippen LogP contribution in [0, 0.1) is 0 Å². The molecule has 1 saturated heterocycles. The maximum absolute atomic E-state index is 14.0. The van der Waals surface area contributed by atoms with Crippen LogP contribution in [-0.4, -0.2) is 55.1 Å². The lowest BCUT2D eigenvalue weighted by molar-refractivity contribution is -0.150. The van der Waals surface area contributed by atoms with Gasteiger partial charge < -0.3 is 14.7 Å². The topological polar surface area (TPSA) is 115 Å². The zero-order valence-electron chi connectivity index (χ0n) is 19.4. The second-order valence-electron chi connectivity index (χ2n) is 9.30. The fraction of sp³-hybridized carbons (Fsp3) is 0.375. The van der Waals surface area contributed by atoms with Crippen LogP contribution < -0.4 is 4.74 Å². The normalized spacial score (nSPS) is 20.5. The first-order valence-corrected chi connectivity index (χ1v) is 11.6. The van der Waals surface area contributed by atoms with E-state index in [4.69, 9.17) is 4.74 Å². The van der Waals surface area contributed by atoms with E-state index in [1.807, 2.05) is 20.8 Å². The van der Waals surface area contributed by atoms with Crippen molar-refractivity contribution in [1.82, 2.24) is 19.7 Å². The van der Waals surface area contributed by atoms with E-state index in [1.54, 1.807) is 35.8 Å². The van der Waals surface area contributed by atoms with Crippen LogP contribution in [0.4, 0.5) is 0 Å². The van der Waals surface area contributed by atoms with Crippen molar-refractivity contribution in [3.63, 3.8) is 0 Å². The van der Waals surface area contributed by atoms with Gasteiger partial charge in [-0.05, 0) is 29.2 Å². The fourth-order valence-electron chi connectivity index (χ4n) is 4.41. The first-order valence-electron chi connectivity index (χ1n) is 10.7. The average Bonchev–Trinajstić information content (AvgIpc) is 3.53. The van der Waals surface area contributed by atoms with E-state index in [0.717, 1.165) is 5.56 Å². The lowest BCUT2D eigenvalue weighted by atomic mass is 9.85. The number of benzene rings is 1. The van der Waals surface area contributed by atoms with Crippen LogP contribution in [-0.2, 0) is 21.5 Å². The molecular weight excluding hydrogens is 456 g/mol. The molecular formula is C24H26N4O5S. The third-order valence-electron chi connectivity index (χ3n) is 6.03. The number of nitrogens with zero attached hydrogens (tertiary/aromatic N) is 4. The zero-order valence-corrected chi connectivity index (χ0v) is 20.2. The predicted octanol–water partition coefficient (Wildman–Crippen LogP) is 3.33. The van der Waals surface area contributed by atoms with Gasteiger partial charge in [0.1, 0.15) is 16.8 Å². The Hall–Kier alpha value is -3.53. The fourth-order valence-corrected chi connectivity index (χ4v) is 5.16. The highest BCUT2D eigenvalue weighted by molar-refractivity contribution is 7.09. The monoisotopic (exact) mass is 482 g/mol. The predicted molar refractivity (Wildman–Crippen MR) is 125 cm³/mol. The van der Waals surface area contributed by atoms with Gasteiger partial charge in [-0.3, -0.25) is 14.3 Å². The summed E-state index contributed by atoms with van der Waals surface area (Å²) in [7, 11) is 1.52. The highest BCUT2D eigenvalue weighted by atomic mass is 32.1. The van der Waals surface area contributed by atoms with Gasteiger partial charge in [-0.25, -0.2) is 9.78 Å². The Morgan fingerprint density at radius 1 is 1.29 bits per heavy atom. The molecule has 2 atom stereocenters. The largest absolute Gasteiger partial charge is 0.496 e. The minimum atomic E-state index is -1.83. The van der Waals surface area contributed by atoms with Crippen LogP contribution in [0.1, 0.15) is 54.2 Å². The van der Waals surface area contributed by atoms with Gasteiger partial charge in [0, 0.05) is 36.0 Å². The number of likely N-dealkylation sites (tertiary alicyclic amines) is 1. The van der Waals surface area contributed by atoms with Gasteiger partial charge in [-0.15, -0.1) is 11.3 Å². The standard InChI is InChI=1S/C24H26N4O5S/c1-23(2,3)16-7-6-15(12-18(16)33-4)21(30)28-19(20-25-9-11-34-20)17(29)13-24(28,22(31)32)14-27-10-5-8-26-27/h5-12,19H,13-14H2,1-4H3,(H,31,32). The molecule has 0 saturated carbocycles. The number of aliphatic carboxylic acids is 1. The molecule has 1 aliphatic rings. The summed E-state index contributed by atoms with van der Waals surface area (Å²) >= 11 is 1.21. The van der Waals surface area contributed by atoms with E-state index in [9.17, 15) is 19.5 Å². The molecule has 0 bridgehead atoms. The molecule has 1 N–H and O–H groups in total. The molecule has 34 heavy (non-hydrogen) atoms. The molecule has 1 fully saturated rings. The third-order valence-corrected chi connectivity index (χ3v) is 6.86. The van der Waals surface area contributed by atoms with E-state index < -0.39 is 23.5 Å². The molecule has 4 rings (SSSR count). The number of amides is 1. The summed E-state index contributed by atoms with van der Waals surface area (Å²) in [5, 5.41) is 16.6. The Morgan fingerprint density at radius 3 is 2.62 bits per heavy atom. The molecule has 178 valence electrons. The third kappa shape index (κ3) is 3.98. The lowest BCUT2D eigenvalue weighted by Gasteiger charge is -2.36. The van der Waals surface area contributed by atoms with Crippen molar-refractivity contribution in [2.45, 2.75) is 50.7 Å². The van der Waals surface area contributed by atoms with Crippen molar-refractivity contribution in [1.29, 1.82) is 0 Å². The van der Waals surface area contributed by atoms with Gasteiger partial charge in [-0.2, -0.15) is 5.10 Å². The number of carboxylic acid groups (broad SMARTS) is 1. The summed E-state index contributed by atoms with van der Waals surface area (Å²) in [6.07, 6.45) is 4.31. The molecule has 10 heteroatoms. The summed E-state index contributed by atoms with van der Waals surface area (Å²) < 4.78 is 6.98. The maximum Gasteiger partial charge on any atom is 0.332 e. The summed E-state index contributed by atoms with van der Waals surface area (Å²) in [5.41, 5.74) is -0.925. The highest BCUT2D eigenvalue weighted by Crippen LogP contribution is 2.44. The van der Waals surface area contributed by atoms with E-state index in [1.165, 1.54) is 40.4 Å². The van der Waals surface area contributed by atoms with Gasteiger partial charge in [-0.1, -0.05) is 26.8 Å². The molecule has 2 unspecified atom stereocenters. The molecule has 2 aromatic heterocycles. The molecule has 1 aromatic carbocycles. The Morgan fingerprint density at radius 2 is 2.06 bits per heavy atom. The van der Waals surface area contributed by atoms with E-state index >= 15 is 0 Å². The van der Waals surface area contributed by atoms with E-state index in [-0.39, 0.29) is 29.7 Å². The number of carbonyl (C=O) groups is 3. The van der Waals surface area contributed by atoms with E-state index in [2.05, 4.69) is 10.1 Å². The Labute approximate surface area is 201 Å². The number of methoxy groups -OCH3 is 1. The number of hydrogen-bond acceptors (Lipinski definition) is 7. The number of Topliss-reactive ketones (excluding diaryl/α,β-unsaturated/α-hetero) is 1. The summed E-state index contributed by atoms with van der Waals surface area (Å²) in [6, 6.07) is 5.61. The molecule has 0 spiro atoms. The second kappa shape index (κ2) is 8.68. The Bertz CT molecular complexity index is 1220. The van der Waals surface area contributed by atoms with Crippen molar-refractivity contribution in [3.05, 3.63) is 64.4 Å². The van der Waals surface area contributed by atoms with Crippen molar-refractivity contribution < 1.29 is 24.2 Å². The molecule has 1 aliphatic heterocycles. The highest BCUT2D eigenvalue weighted by Gasteiger charge is 2.60.